The molecule has 0 amide bonds. The second kappa shape index (κ2) is 5.88. The number of hydrogen-bond acceptors (Lipinski definition) is 4. The first-order valence-electron chi connectivity index (χ1n) is 6.96. The first-order valence-corrected chi connectivity index (χ1v) is 6.96. The van der Waals surface area contributed by atoms with Gasteiger partial charge in [0.2, 0.25) is 0 Å². The van der Waals surface area contributed by atoms with Crippen molar-refractivity contribution < 1.29 is 9.47 Å². The van der Waals surface area contributed by atoms with Crippen molar-refractivity contribution in [2.75, 3.05) is 6.61 Å². The number of rotatable bonds is 5. The van der Waals surface area contributed by atoms with Gasteiger partial charge in [-0.15, -0.1) is 0 Å². The van der Waals surface area contributed by atoms with Crippen LogP contribution in [-0.2, 0) is 11.2 Å². The lowest BCUT2D eigenvalue weighted by Gasteiger charge is -2.19. The van der Waals surface area contributed by atoms with Crippen LogP contribution in [0.25, 0.3) is 0 Å². The van der Waals surface area contributed by atoms with Crippen LogP contribution in [0.4, 0.5) is 0 Å². The maximum atomic E-state index is 5.88. The summed E-state index contributed by atoms with van der Waals surface area (Å²) in [6, 6.07) is 4.05. The molecule has 1 fully saturated rings. The molecule has 1 aromatic heterocycles. The van der Waals surface area contributed by atoms with Crippen molar-refractivity contribution in [1.82, 2.24) is 4.98 Å². The van der Waals surface area contributed by atoms with Gasteiger partial charge >= 0.3 is 0 Å². The van der Waals surface area contributed by atoms with Gasteiger partial charge in [0.25, 0.3) is 0 Å². The first kappa shape index (κ1) is 14.3. The molecule has 2 N–H and O–H groups in total. The van der Waals surface area contributed by atoms with Crippen molar-refractivity contribution in [2.45, 2.75) is 57.8 Å². The van der Waals surface area contributed by atoms with E-state index < -0.39 is 0 Å². The fourth-order valence-corrected chi connectivity index (χ4v) is 2.33. The van der Waals surface area contributed by atoms with E-state index in [1.54, 1.807) is 6.20 Å². The van der Waals surface area contributed by atoms with Gasteiger partial charge in [-0.1, -0.05) is 0 Å². The molecule has 1 aliphatic heterocycles. The molecule has 2 atom stereocenters. The van der Waals surface area contributed by atoms with Crippen molar-refractivity contribution in [3.63, 3.8) is 0 Å². The molecule has 0 aliphatic carbocycles. The molecule has 1 aromatic rings. The Morgan fingerprint density at radius 2 is 2.32 bits per heavy atom. The predicted molar refractivity (Wildman–Crippen MR) is 75.3 cm³/mol. The Hall–Kier alpha value is -1.13. The summed E-state index contributed by atoms with van der Waals surface area (Å²) >= 11 is 0. The molecule has 2 rings (SSSR count). The van der Waals surface area contributed by atoms with Crippen molar-refractivity contribution in [3.8, 4) is 5.75 Å². The van der Waals surface area contributed by atoms with E-state index in [9.17, 15) is 0 Å². The summed E-state index contributed by atoms with van der Waals surface area (Å²) in [6.07, 6.45) is 4.90. The molecule has 19 heavy (non-hydrogen) atoms. The van der Waals surface area contributed by atoms with Crippen molar-refractivity contribution in [1.29, 1.82) is 0 Å². The molecule has 0 bridgehead atoms. The molecule has 2 heterocycles. The van der Waals surface area contributed by atoms with Crippen LogP contribution in [-0.4, -0.2) is 29.3 Å². The number of hydrogen-bond donors (Lipinski definition) is 1. The Balaban J connectivity index is 1.80. The molecule has 0 spiro atoms. The van der Waals surface area contributed by atoms with Crippen LogP contribution in [0.5, 0.6) is 5.75 Å². The molecule has 2 unspecified atom stereocenters. The lowest BCUT2D eigenvalue weighted by Crippen LogP contribution is -2.24. The van der Waals surface area contributed by atoms with Crippen LogP contribution < -0.4 is 10.5 Å². The molecule has 4 heteroatoms. The van der Waals surface area contributed by atoms with Crippen LogP contribution >= 0.6 is 0 Å². The number of ether oxygens (including phenoxy) is 2. The Labute approximate surface area is 115 Å². The smallest absolute Gasteiger partial charge is 0.137 e. The lowest BCUT2D eigenvalue weighted by molar-refractivity contribution is -0.0326. The number of aromatic nitrogens is 1. The SMILES string of the molecule is CC(N)Cc1ccc(OCC2CCC(C)(C)O2)cn1. The molecule has 0 saturated carbocycles. The van der Waals surface area contributed by atoms with E-state index in [1.807, 2.05) is 19.1 Å². The second-order valence-electron chi connectivity index (χ2n) is 6.02. The predicted octanol–water partition coefficient (Wildman–Crippen LogP) is 2.31. The highest BCUT2D eigenvalue weighted by molar-refractivity contribution is 5.20. The van der Waals surface area contributed by atoms with Crippen LogP contribution in [0.1, 0.15) is 39.3 Å². The zero-order valence-electron chi connectivity index (χ0n) is 12.1. The molecule has 0 aromatic carbocycles. The highest BCUT2D eigenvalue weighted by atomic mass is 16.6. The topological polar surface area (TPSA) is 57.4 Å². The van der Waals surface area contributed by atoms with Gasteiger partial charge in [0.05, 0.1) is 17.9 Å². The fourth-order valence-electron chi connectivity index (χ4n) is 2.33. The summed E-state index contributed by atoms with van der Waals surface area (Å²) in [5.74, 6) is 0.793. The Morgan fingerprint density at radius 3 is 2.84 bits per heavy atom. The summed E-state index contributed by atoms with van der Waals surface area (Å²) < 4.78 is 11.6. The zero-order chi connectivity index (χ0) is 13.9. The third-order valence-corrected chi connectivity index (χ3v) is 3.32. The van der Waals surface area contributed by atoms with E-state index in [4.69, 9.17) is 15.2 Å². The van der Waals surface area contributed by atoms with Crippen LogP contribution in [0.15, 0.2) is 18.3 Å². The maximum absolute atomic E-state index is 5.88. The summed E-state index contributed by atoms with van der Waals surface area (Å²) in [7, 11) is 0. The normalized spacial score (nSPS) is 23.3. The monoisotopic (exact) mass is 264 g/mol. The van der Waals surface area contributed by atoms with Gasteiger partial charge in [-0.05, 0) is 45.7 Å². The van der Waals surface area contributed by atoms with Gasteiger partial charge in [0, 0.05) is 18.2 Å². The Kier molecular flexibility index (Phi) is 4.42. The highest BCUT2D eigenvalue weighted by Gasteiger charge is 2.31. The maximum Gasteiger partial charge on any atom is 0.137 e. The standard InChI is InChI=1S/C15H24N2O2/c1-11(16)8-12-4-5-13(9-17-12)18-10-14-6-7-15(2,3)19-14/h4-5,9,11,14H,6-8,10,16H2,1-3H3. The van der Waals surface area contributed by atoms with E-state index >= 15 is 0 Å². The number of nitrogens with two attached hydrogens (primary N) is 1. The van der Waals surface area contributed by atoms with Crippen LogP contribution in [0.3, 0.4) is 0 Å². The van der Waals surface area contributed by atoms with E-state index in [0.717, 1.165) is 30.7 Å². The largest absolute Gasteiger partial charge is 0.489 e. The summed E-state index contributed by atoms with van der Waals surface area (Å²) in [5, 5.41) is 0. The average molecular weight is 264 g/mol. The van der Waals surface area contributed by atoms with Gasteiger partial charge in [-0.25, -0.2) is 0 Å². The molecular formula is C15H24N2O2. The fraction of sp³-hybridized carbons (Fsp3) is 0.667. The molecular weight excluding hydrogens is 240 g/mol. The lowest BCUT2D eigenvalue weighted by atomic mass is 10.1. The third kappa shape index (κ3) is 4.48. The summed E-state index contributed by atoms with van der Waals surface area (Å²) in [6.45, 7) is 6.82. The summed E-state index contributed by atoms with van der Waals surface area (Å²) in [4.78, 5) is 4.35. The minimum atomic E-state index is -0.00655. The van der Waals surface area contributed by atoms with Crippen molar-refractivity contribution >= 4 is 0 Å². The number of nitrogens with zero attached hydrogens (tertiary/aromatic N) is 1. The third-order valence-electron chi connectivity index (χ3n) is 3.32. The van der Waals surface area contributed by atoms with Gasteiger partial charge in [0.15, 0.2) is 0 Å². The average Bonchev–Trinajstić information content (AvgIpc) is 2.67. The Morgan fingerprint density at radius 1 is 1.53 bits per heavy atom. The molecule has 1 saturated heterocycles. The first-order chi connectivity index (χ1) is 8.94. The van der Waals surface area contributed by atoms with Crippen molar-refractivity contribution in [2.24, 2.45) is 5.73 Å². The van der Waals surface area contributed by atoms with E-state index in [2.05, 4.69) is 18.8 Å². The second-order valence-corrected chi connectivity index (χ2v) is 6.02. The van der Waals surface area contributed by atoms with E-state index in [0.29, 0.717) is 6.61 Å². The quantitative estimate of drug-likeness (QED) is 0.886. The summed E-state index contributed by atoms with van der Waals surface area (Å²) in [5.41, 5.74) is 6.74. The van der Waals surface area contributed by atoms with Gasteiger partial charge < -0.3 is 15.2 Å². The van der Waals surface area contributed by atoms with Crippen LogP contribution in [0, 0.1) is 0 Å². The highest BCUT2D eigenvalue weighted by Crippen LogP contribution is 2.29. The van der Waals surface area contributed by atoms with E-state index in [1.165, 1.54) is 0 Å². The minimum Gasteiger partial charge on any atom is -0.489 e. The van der Waals surface area contributed by atoms with Crippen molar-refractivity contribution in [3.05, 3.63) is 24.0 Å². The van der Waals surface area contributed by atoms with Gasteiger partial charge in [-0.3, -0.25) is 4.98 Å². The molecule has 0 radical (unpaired) electrons. The number of pyridine rings is 1. The van der Waals surface area contributed by atoms with Gasteiger partial charge in [0.1, 0.15) is 12.4 Å². The van der Waals surface area contributed by atoms with Gasteiger partial charge in [-0.2, -0.15) is 0 Å². The molecule has 4 nitrogen and oxygen atoms in total. The zero-order valence-corrected chi connectivity index (χ0v) is 12.1. The Bertz CT molecular complexity index is 401. The molecule has 106 valence electrons. The van der Waals surface area contributed by atoms with E-state index in [-0.39, 0.29) is 17.7 Å². The van der Waals surface area contributed by atoms with Crippen LogP contribution in [0.2, 0.25) is 0 Å². The minimum absolute atomic E-state index is 0.00655. The molecule has 1 aliphatic rings.